The third-order valence-electron chi connectivity index (χ3n) is 4.32. The first-order valence-electron chi connectivity index (χ1n) is 8.63. The van der Waals surface area contributed by atoms with Crippen LogP contribution in [0.1, 0.15) is 18.4 Å². The van der Waals surface area contributed by atoms with E-state index in [2.05, 4.69) is 4.74 Å². The van der Waals surface area contributed by atoms with Gasteiger partial charge in [-0.15, -0.1) is 0 Å². The Morgan fingerprint density at radius 3 is 2.68 bits per heavy atom. The lowest BCUT2D eigenvalue weighted by atomic mass is 10.1. The zero-order valence-electron chi connectivity index (χ0n) is 15.3. The highest BCUT2D eigenvalue weighted by Gasteiger charge is 2.34. The van der Waals surface area contributed by atoms with E-state index in [1.54, 1.807) is 30.3 Å². The Hall–Kier alpha value is -2.87. The van der Waals surface area contributed by atoms with Gasteiger partial charge in [-0.05, 0) is 23.8 Å². The Morgan fingerprint density at radius 2 is 2.04 bits per heavy atom. The third-order valence-corrected chi connectivity index (χ3v) is 4.56. The van der Waals surface area contributed by atoms with Gasteiger partial charge in [0.1, 0.15) is 6.04 Å². The fraction of sp³-hybridized carbons (Fsp3) is 0.368. The summed E-state index contributed by atoms with van der Waals surface area (Å²) in [5.41, 5.74) is 0.764. The molecule has 2 amide bonds. The van der Waals surface area contributed by atoms with Crippen molar-refractivity contribution in [3.63, 3.8) is 0 Å². The summed E-state index contributed by atoms with van der Waals surface area (Å²) in [7, 11) is 1.13. The molecule has 1 aliphatic rings. The summed E-state index contributed by atoms with van der Waals surface area (Å²) in [4.78, 5) is 50.5. The van der Waals surface area contributed by atoms with E-state index in [-0.39, 0.29) is 32.0 Å². The van der Waals surface area contributed by atoms with Crippen molar-refractivity contribution in [2.24, 2.45) is 0 Å². The van der Waals surface area contributed by atoms with E-state index in [1.165, 1.54) is 15.9 Å². The first-order valence-corrected chi connectivity index (χ1v) is 9.01. The monoisotopic (exact) mass is 408 g/mol. The number of carbonyl (C=O) groups is 4. The van der Waals surface area contributed by atoms with Crippen LogP contribution in [-0.2, 0) is 23.9 Å². The number of halogens is 1. The van der Waals surface area contributed by atoms with Crippen LogP contribution in [0.4, 0.5) is 0 Å². The summed E-state index contributed by atoms with van der Waals surface area (Å²) in [5, 5.41) is 9.58. The van der Waals surface area contributed by atoms with Crippen molar-refractivity contribution < 1.29 is 29.0 Å². The van der Waals surface area contributed by atoms with Crippen LogP contribution in [0.3, 0.4) is 0 Å². The van der Waals surface area contributed by atoms with Crippen LogP contribution in [0.5, 0.6) is 0 Å². The zero-order valence-corrected chi connectivity index (χ0v) is 16.1. The maximum absolute atomic E-state index is 12.5. The SMILES string of the molecule is COC(=O)C(CC(=O)O)N1CCN(C(=O)/C=C/c2cccc(Cl)c2)CCC1=O. The molecule has 1 heterocycles. The number of benzene rings is 1. The van der Waals surface area contributed by atoms with Gasteiger partial charge in [-0.2, -0.15) is 0 Å². The minimum atomic E-state index is -1.22. The molecule has 28 heavy (non-hydrogen) atoms. The zero-order chi connectivity index (χ0) is 20.7. The van der Waals surface area contributed by atoms with Crippen molar-refractivity contribution in [2.45, 2.75) is 18.9 Å². The number of hydrogen-bond acceptors (Lipinski definition) is 5. The van der Waals surface area contributed by atoms with E-state index < -0.39 is 30.3 Å². The van der Waals surface area contributed by atoms with E-state index in [1.807, 2.05) is 0 Å². The Balaban J connectivity index is 2.07. The molecule has 1 unspecified atom stereocenters. The number of carboxylic acids is 1. The van der Waals surface area contributed by atoms with Gasteiger partial charge in [0, 0.05) is 37.2 Å². The van der Waals surface area contributed by atoms with E-state index >= 15 is 0 Å². The maximum Gasteiger partial charge on any atom is 0.329 e. The number of rotatable bonds is 6. The van der Waals surface area contributed by atoms with Crippen LogP contribution in [-0.4, -0.2) is 71.4 Å². The molecule has 0 spiro atoms. The molecule has 1 atom stereocenters. The van der Waals surface area contributed by atoms with Crippen LogP contribution >= 0.6 is 11.6 Å². The summed E-state index contributed by atoms with van der Waals surface area (Å²) < 4.78 is 4.63. The van der Waals surface area contributed by atoms with Crippen molar-refractivity contribution >= 4 is 41.4 Å². The van der Waals surface area contributed by atoms with Crippen LogP contribution in [0.15, 0.2) is 30.3 Å². The molecule has 1 aromatic rings. The van der Waals surface area contributed by atoms with Gasteiger partial charge in [-0.1, -0.05) is 23.7 Å². The highest BCUT2D eigenvalue weighted by atomic mass is 35.5. The molecule has 9 heteroatoms. The normalized spacial score (nSPS) is 16.0. The lowest BCUT2D eigenvalue weighted by Gasteiger charge is -2.27. The fourth-order valence-corrected chi connectivity index (χ4v) is 3.09. The number of amides is 2. The predicted octanol–water partition coefficient (Wildman–Crippen LogP) is 1.43. The van der Waals surface area contributed by atoms with Gasteiger partial charge >= 0.3 is 11.9 Å². The van der Waals surface area contributed by atoms with Gasteiger partial charge in [0.2, 0.25) is 11.8 Å². The molecule has 0 aliphatic carbocycles. The smallest absolute Gasteiger partial charge is 0.329 e. The molecular formula is C19H21ClN2O6. The van der Waals surface area contributed by atoms with E-state index in [4.69, 9.17) is 16.7 Å². The molecule has 0 bridgehead atoms. The molecule has 1 fully saturated rings. The highest BCUT2D eigenvalue weighted by Crippen LogP contribution is 2.15. The highest BCUT2D eigenvalue weighted by molar-refractivity contribution is 6.30. The van der Waals surface area contributed by atoms with Crippen LogP contribution in [0, 0.1) is 0 Å². The number of ether oxygens (including phenoxy) is 1. The minimum absolute atomic E-state index is 0.0101. The molecule has 1 aliphatic heterocycles. The predicted molar refractivity (Wildman–Crippen MR) is 101 cm³/mol. The minimum Gasteiger partial charge on any atom is -0.481 e. The quantitative estimate of drug-likeness (QED) is 0.564. The van der Waals surface area contributed by atoms with Crippen molar-refractivity contribution in [3.8, 4) is 0 Å². The van der Waals surface area contributed by atoms with Gasteiger partial charge in [0.25, 0.3) is 0 Å². The number of carboxylic acid groups (broad SMARTS) is 1. The Kier molecular flexibility index (Phi) is 7.57. The molecule has 150 valence electrons. The van der Waals surface area contributed by atoms with Crippen molar-refractivity contribution in [2.75, 3.05) is 26.7 Å². The molecule has 1 N–H and O–H groups in total. The third kappa shape index (κ3) is 5.82. The first-order chi connectivity index (χ1) is 13.3. The molecule has 1 aromatic carbocycles. The topological polar surface area (TPSA) is 104 Å². The van der Waals surface area contributed by atoms with Crippen molar-refractivity contribution in [3.05, 3.63) is 40.9 Å². The fourth-order valence-electron chi connectivity index (χ4n) is 2.89. The maximum atomic E-state index is 12.5. The van der Waals surface area contributed by atoms with E-state index in [0.29, 0.717) is 5.02 Å². The lowest BCUT2D eigenvalue weighted by molar-refractivity contribution is -0.156. The Bertz CT molecular complexity index is 794. The van der Waals surface area contributed by atoms with Gasteiger partial charge in [-0.25, -0.2) is 4.79 Å². The second-order valence-electron chi connectivity index (χ2n) is 6.19. The molecule has 0 aromatic heterocycles. The van der Waals surface area contributed by atoms with Crippen LogP contribution in [0.25, 0.3) is 6.08 Å². The van der Waals surface area contributed by atoms with E-state index in [9.17, 15) is 19.2 Å². The molecule has 0 radical (unpaired) electrons. The second kappa shape index (κ2) is 9.89. The first kappa shape index (κ1) is 21.4. The summed E-state index contributed by atoms with van der Waals surface area (Å²) in [5.74, 6) is -2.70. The number of esters is 1. The van der Waals surface area contributed by atoms with Crippen molar-refractivity contribution in [1.29, 1.82) is 0 Å². The average molecular weight is 409 g/mol. The summed E-state index contributed by atoms with van der Waals surface area (Å²) in [6.45, 7) is 0.398. The average Bonchev–Trinajstić information content (AvgIpc) is 2.85. The second-order valence-corrected chi connectivity index (χ2v) is 6.62. The Morgan fingerprint density at radius 1 is 1.29 bits per heavy atom. The summed E-state index contributed by atoms with van der Waals surface area (Å²) in [6, 6.07) is 5.80. The number of hydrogen-bond donors (Lipinski definition) is 1. The van der Waals surface area contributed by atoms with Gasteiger partial charge in [-0.3, -0.25) is 14.4 Å². The lowest BCUT2D eigenvalue weighted by Crippen LogP contribution is -2.47. The molecule has 2 rings (SSSR count). The van der Waals surface area contributed by atoms with Gasteiger partial charge in [0.15, 0.2) is 0 Å². The standard InChI is InChI=1S/C19H21ClN2O6/c1-28-19(27)15(12-18(25)26)22-10-9-21(8-7-17(22)24)16(23)6-5-13-3-2-4-14(20)11-13/h2-6,11,15H,7-10,12H2,1H3,(H,25,26)/b6-5+. The number of aliphatic carboxylic acids is 1. The summed E-state index contributed by atoms with van der Waals surface area (Å²) >= 11 is 5.91. The van der Waals surface area contributed by atoms with Crippen LogP contribution in [0.2, 0.25) is 5.02 Å². The van der Waals surface area contributed by atoms with E-state index in [0.717, 1.165) is 12.7 Å². The van der Waals surface area contributed by atoms with Crippen molar-refractivity contribution in [1.82, 2.24) is 9.80 Å². The summed E-state index contributed by atoms with van der Waals surface area (Å²) in [6.07, 6.45) is 2.45. The largest absolute Gasteiger partial charge is 0.481 e. The Labute approximate surface area is 167 Å². The number of methoxy groups -OCH3 is 1. The molecular weight excluding hydrogens is 388 g/mol. The van der Waals surface area contributed by atoms with Gasteiger partial charge in [0.05, 0.1) is 13.5 Å². The van der Waals surface area contributed by atoms with Gasteiger partial charge < -0.3 is 19.6 Å². The number of carbonyl (C=O) groups excluding carboxylic acids is 3. The van der Waals surface area contributed by atoms with Crippen LogP contribution < -0.4 is 0 Å². The number of nitrogens with zero attached hydrogens (tertiary/aromatic N) is 2. The molecule has 0 saturated carbocycles. The molecule has 1 saturated heterocycles. The molecule has 8 nitrogen and oxygen atoms in total.